The SMILES string of the molecule is COc1cccc2c1c(NS(=O)(=O)c1cccc(Cl)c1)nn2Cc1cccc(CNC(=O)C2(C)CCCN2)c1. The molecule has 5 rings (SSSR count). The number of methoxy groups -OCH3 is 1. The summed E-state index contributed by atoms with van der Waals surface area (Å²) in [5.74, 6) is 0.642. The Morgan fingerprint density at radius 2 is 1.90 bits per heavy atom. The number of aromatic nitrogens is 2. The van der Waals surface area contributed by atoms with Gasteiger partial charge in [0, 0.05) is 11.6 Å². The topological polar surface area (TPSA) is 114 Å². The molecule has 2 heterocycles. The number of carbonyl (C=O) groups is 1. The molecule has 1 fully saturated rings. The van der Waals surface area contributed by atoms with E-state index in [-0.39, 0.29) is 16.6 Å². The number of halogens is 1. The fraction of sp³-hybridized carbons (Fsp3) is 0.286. The lowest BCUT2D eigenvalue weighted by molar-refractivity contribution is -0.126. The molecule has 9 nitrogen and oxygen atoms in total. The summed E-state index contributed by atoms with van der Waals surface area (Å²) in [7, 11) is -2.43. The second-order valence-electron chi connectivity index (χ2n) is 9.79. The van der Waals surface area contributed by atoms with Crippen LogP contribution in [-0.4, -0.2) is 43.3 Å². The zero-order valence-corrected chi connectivity index (χ0v) is 23.3. The van der Waals surface area contributed by atoms with Crippen LogP contribution in [0.1, 0.15) is 30.9 Å². The van der Waals surface area contributed by atoms with Crippen molar-refractivity contribution in [2.24, 2.45) is 0 Å². The third-order valence-electron chi connectivity index (χ3n) is 6.94. The molecule has 0 radical (unpaired) electrons. The predicted octanol–water partition coefficient (Wildman–Crippen LogP) is 4.31. The first kappa shape index (κ1) is 27.0. The molecule has 1 aliphatic heterocycles. The first-order valence-corrected chi connectivity index (χ1v) is 14.5. The zero-order chi connectivity index (χ0) is 27.6. The summed E-state index contributed by atoms with van der Waals surface area (Å²) in [6, 6.07) is 19.4. The van der Waals surface area contributed by atoms with E-state index in [9.17, 15) is 13.2 Å². The molecule has 0 bridgehead atoms. The highest BCUT2D eigenvalue weighted by Crippen LogP contribution is 2.34. The maximum Gasteiger partial charge on any atom is 0.263 e. The maximum absolute atomic E-state index is 13.2. The number of rotatable bonds is 9. The van der Waals surface area contributed by atoms with Crippen LogP contribution in [-0.2, 0) is 27.9 Å². The Bertz CT molecular complexity index is 1630. The van der Waals surface area contributed by atoms with Crippen molar-refractivity contribution in [2.45, 2.75) is 43.3 Å². The molecule has 1 unspecified atom stereocenters. The molecule has 0 aliphatic carbocycles. The maximum atomic E-state index is 13.2. The first-order valence-electron chi connectivity index (χ1n) is 12.6. The number of hydrogen-bond donors (Lipinski definition) is 3. The number of sulfonamides is 1. The van der Waals surface area contributed by atoms with E-state index in [1.807, 2.05) is 43.3 Å². The van der Waals surface area contributed by atoms with Gasteiger partial charge in [0.15, 0.2) is 5.82 Å². The molecule has 39 heavy (non-hydrogen) atoms. The Labute approximate surface area is 232 Å². The third kappa shape index (κ3) is 5.73. The van der Waals surface area contributed by atoms with Crippen molar-refractivity contribution >= 4 is 44.3 Å². The molecule has 1 aromatic heterocycles. The minimum atomic E-state index is -3.96. The summed E-state index contributed by atoms with van der Waals surface area (Å²) < 4.78 is 36.2. The van der Waals surface area contributed by atoms with Crippen LogP contribution in [0.5, 0.6) is 5.75 Å². The van der Waals surface area contributed by atoms with E-state index in [4.69, 9.17) is 16.3 Å². The second kappa shape index (κ2) is 10.9. The van der Waals surface area contributed by atoms with Crippen LogP contribution in [0.25, 0.3) is 10.9 Å². The minimum Gasteiger partial charge on any atom is -0.496 e. The molecule has 3 aromatic carbocycles. The highest BCUT2D eigenvalue weighted by atomic mass is 35.5. The largest absolute Gasteiger partial charge is 0.496 e. The molecule has 11 heteroatoms. The summed E-state index contributed by atoms with van der Waals surface area (Å²) in [5, 5.41) is 11.8. The van der Waals surface area contributed by atoms with Crippen LogP contribution in [0.3, 0.4) is 0 Å². The number of carbonyl (C=O) groups excluding carboxylic acids is 1. The molecule has 1 saturated heterocycles. The average Bonchev–Trinajstić information content (AvgIpc) is 3.52. The van der Waals surface area contributed by atoms with Crippen LogP contribution in [0.2, 0.25) is 5.02 Å². The zero-order valence-electron chi connectivity index (χ0n) is 21.7. The van der Waals surface area contributed by atoms with Crippen LogP contribution in [0.15, 0.2) is 71.6 Å². The van der Waals surface area contributed by atoms with E-state index in [0.717, 1.165) is 30.5 Å². The summed E-state index contributed by atoms with van der Waals surface area (Å²) in [6.07, 6.45) is 1.80. The van der Waals surface area contributed by atoms with Crippen molar-refractivity contribution in [1.29, 1.82) is 0 Å². The summed E-state index contributed by atoms with van der Waals surface area (Å²) in [6.45, 7) is 3.56. The predicted molar refractivity (Wildman–Crippen MR) is 152 cm³/mol. The fourth-order valence-electron chi connectivity index (χ4n) is 4.86. The van der Waals surface area contributed by atoms with Gasteiger partial charge in [0.25, 0.3) is 10.0 Å². The smallest absolute Gasteiger partial charge is 0.263 e. The number of hydrogen-bond acceptors (Lipinski definition) is 6. The number of amides is 1. The van der Waals surface area contributed by atoms with Crippen LogP contribution in [0.4, 0.5) is 5.82 Å². The highest BCUT2D eigenvalue weighted by molar-refractivity contribution is 7.92. The number of ether oxygens (including phenoxy) is 1. The molecular weight excluding hydrogens is 538 g/mol. The van der Waals surface area contributed by atoms with Crippen molar-refractivity contribution in [3.63, 3.8) is 0 Å². The van der Waals surface area contributed by atoms with E-state index >= 15 is 0 Å². The van der Waals surface area contributed by atoms with Crippen LogP contribution < -0.4 is 20.1 Å². The van der Waals surface area contributed by atoms with Crippen molar-refractivity contribution in [1.82, 2.24) is 20.4 Å². The summed E-state index contributed by atoms with van der Waals surface area (Å²) in [4.78, 5) is 12.7. The quantitative estimate of drug-likeness (QED) is 0.278. The molecule has 1 atom stereocenters. The van der Waals surface area contributed by atoms with Crippen molar-refractivity contribution in [2.75, 3.05) is 18.4 Å². The van der Waals surface area contributed by atoms with E-state index in [2.05, 4.69) is 20.5 Å². The summed E-state index contributed by atoms with van der Waals surface area (Å²) in [5.41, 5.74) is 2.08. The molecule has 1 amide bonds. The van der Waals surface area contributed by atoms with Gasteiger partial charge in [0.05, 0.1) is 35.0 Å². The van der Waals surface area contributed by atoms with Gasteiger partial charge in [-0.25, -0.2) is 8.42 Å². The third-order valence-corrected chi connectivity index (χ3v) is 8.52. The number of fused-ring (bicyclic) bond motifs is 1. The van der Waals surface area contributed by atoms with Gasteiger partial charge in [0.2, 0.25) is 5.91 Å². The molecule has 0 spiro atoms. The first-order chi connectivity index (χ1) is 18.7. The van der Waals surface area contributed by atoms with E-state index < -0.39 is 15.6 Å². The van der Waals surface area contributed by atoms with E-state index in [0.29, 0.717) is 34.8 Å². The Balaban J connectivity index is 1.41. The van der Waals surface area contributed by atoms with Crippen molar-refractivity contribution < 1.29 is 17.9 Å². The van der Waals surface area contributed by atoms with Gasteiger partial charge in [0.1, 0.15) is 5.75 Å². The van der Waals surface area contributed by atoms with Gasteiger partial charge >= 0.3 is 0 Å². The molecule has 4 aromatic rings. The Morgan fingerprint density at radius 1 is 1.13 bits per heavy atom. The molecule has 204 valence electrons. The van der Waals surface area contributed by atoms with Crippen molar-refractivity contribution in [3.05, 3.63) is 82.9 Å². The van der Waals surface area contributed by atoms with Crippen molar-refractivity contribution in [3.8, 4) is 5.75 Å². The standard InChI is InChI=1S/C28H30ClN5O4S/c1-28(13-6-14-31-28)27(35)30-17-19-7-3-8-20(15-19)18-34-23-11-5-12-24(38-2)25(23)26(32-34)33-39(36,37)22-10-4-9-21(29)16-22/h3-5,7-12,15-16,31H,6,13-14,17-18H2,1-2H3,(H,30,35)(H,32,33). The highest BCUT2D eigenvalue weighted by Gasteiger charge is 2.35. The van der Waals surface area contributed by atoms with Gasteiger partial charge in [-0.15, -0.1) is 0 Å². The lowest BCUT2D eigenvalue weighted by Crippen LogP contribution is -2.50. The normalized spacial score (nSPS) is 17.3. The van der Waals surface area contributed by atoms with Crippen LogP contribution in [0, 0.1) is 0 Å². The second-order valence-corrected chi connectivity index (χ2v) is 11.9. The van der Waals surface area contributed by atoms with Gasteiger partial charge in [-0.3, -0.25) is 14.2 Å². The molecular formula is C28H30ClN5O4S. The van der Waals surface area contributed by atoms with E-state index in [1.165, 1.54) is 19.2 Å². The number of anilines is 1. The van der Waals surface area contributed by atoms with Gasteiger partial charge in [-0.05, 0) is 67.8 Å². The molecule has 0 saturated carbocycles. The van der Waals surface area contributed by atoms with Gasteiger partial charge in [-0.2, -0.15) is 5.10 Å². The van der Waals surface area contributed by atoms with Gasteiger partial charge < -0.3 is 15.4 Å². The Kier molecular flexibility index (Phi) is 7.53. The summed E-state index contributed by atoms with van der Waals surface area (Å²) >= 11 is 6.02. The lowest BCUT2D eigenvalue weighted by Gasteiger charge is -2.23. The monoisotopic (exact) mass is 567 g/mol. The Hall–Kier alpha value is -3.60. The number of nitrogens with zero attached hydrogens (tertiary/aromatic N) is 2. The van der Waals surface area contributed by atoms with E-state index in [1.54, 1.807) is 22.9 Å². The Morgan fingerprint density at radius 3 is 2.64 bits per heavy atom. The number of nitrogens with one attached hydrogen (secondary N) is 3. The van der Waals surface area contributed by atoms with Crippen LogP contribution >= 0.6 is 11.6 Å². The fourth-order valence-corrected chi connectivity index (χ4v) is 6.17. The van der Waals surface area contributed by atoms with Gasteiger partial charge in [-0.1, -0.05) is 48.0 Å². The average molecular weight is 568 g/mol. The molecule has 3 N–H and O–H groups in total. The minimum absolute atomic E-state index is 0.00722. The molecule has 1 aliphatic rings. The lowest BCUT2D eigenvalue weighted by atomic mass is 9.99. The number of benzene rings is 3.